The lowest BCUT2D eigenvalue weighted by Crippen LogP contribution is -2.22. The molecule has 28 heavy (non-hydrogen) atoms. The molecule has 6 heteroatoms. The van der Waals surface area contributed by atoms with E-state index in [1.165, 1.54) is 23.6 Å². The van der Waals surface area contributed by atoms with Gasteiger partial charge in [-0.3, -0.25) is 9.59 Å². The van der Waals surface area contributed by atoms with E-state index in [2.05, 4.69) is 21.9 Å². The van der Waals surface area contributed by atoms with Gasteiger partial charge >= 0.3 is 0 Å². The Kier molecular flexibility index (Phi) is 6.09. The summed E-state index contributed by atoms with van der Waals surface area (Å²) in [5.41, 5.74) is 7.02. The van der Waals surface area contributed by atoms with E-state index in [1.807, 2.05) is 12.1 Å². The number of phenolic OH excluding ortho intramolecular Hbond substituents is 1. The van der Waals surface area contributed by atoms with E-state index in [9.17, 15) is 14.7 Å². The fourth-order valence-electron chi connectivity index (χ4n) is 3.41. The van der Waals surface area contributed by atoms with E-state index < -0.39 is 5.91 Å². The molecule has 3 rings (SSSR count). The summed E-state index contributed by atoms with van der Waals surface area (Å²) in [6.07, 6.45) is 4.43. The first-order valence-electron chi connectivity index (χ1n) is 9.48. The first-order chi connectivity index (χ1) is 13.5. The van der Waals surface area contributed by atoms with Crippen molar-refractivity contribution < 1.29 is 14.7 Å². The highest BCUT2D eigenvalue weighted by atomic mass is 16.3. The molecule has 0 radical (unpaired) electrons. The highest BCUT2D eigenvalue weighted by molar-refractivity contribution is 6.06. The lowest BCUT2D eigenvalue weighted by atomic mass is 9.90. The molecule has 2 aromatic carbocycles. The van der Waals surface area contributed by atoms with E-state index >= 15 is 0 Å². The number of amides is 2. The second-order valence-corrected chi connectivity index (χ2v) is 7.13. The zero-order valence-corrected chi connectivity index (χ0v) is 16.2. The SMILES string of the molecule is C/C(CC(=O)Nc1cccc2c1CCCC2)=N\NC(=O)c1cccc(C)c1O. The summed E-state index contributed by atoms with van der Waals surface area (Å²) in [4.78, 5) is 24.6. The van der Waals surface area contributed by atoms with Crippen molar-refractivity contribution in [2.45, 2.75) is 46.0 Å². The summed E-state index contributed by atoms with van der Waals surface area (Å²) < 4.78 is 0. The van der Waals surface area contributed by atoms with Gasteiger partial charge in [0.15, 0.2) is 0 Å². The molecule has 0 bridgehead atoms. The molecule has 1 aliphatic rings. The number of benzene rings is 2. The van der Waals surface area contributed by atoms with Crippen molar-refractivity contribution in [1.82, 2.24) is 5.43 Å². The van der Waals surface area contributed by atoms with Gasteiger partial charge in [-0.15, -0.1) is 0 Å². The highest BCUT2D eigenvalue weighted by Gasteiger charge is 2.15. The lowest BCUT2D eigenvalue weighted by Gasteiger charge is -2.19. The maximum absolute atomic E-state index is 12.4. The van der Waals surface area contributed by atoms with E-state index in [0.717, 1.165) is 24.9 Å². The van der Waals surface area contributed by atoms with Crippen LogP contribution in [0.5, 0.6) is 5.75 Å². The Hall–Kier alpha value is -3.15. The average molecular weight is 379 g/mol. The van der Waals surface area contributed by atoms with Gasteiger partial charge in [-0.05, 0) is 68.4 Å². The Morgan fingerprint density at radius 3 is 2.68 bits per heavy atom. The number of nitrogens with one attached hydrogen (secondary N) is 2. The fraction of sp³-hybridized carbons (Fsp3) is 0.318. The van der Waals surface area contributed by atoms with Crippen LogP contribution in [0.2, 0.25) is 0 Å². The van der Waals surface area contributed by atoms with E-state index in [0.29, 0.717) is 11.3 Å². The van der Waals surface area contributed by atoms with Gasteiger partial charge in [-0.25, -0.2) is 5.43 Å². The molecule has 0 spiro atoms. The topological polar surface area (TPSA) is 90.8 Å². The summed E-state index contributed by atoms with van der Waals surface area (Å²) in [5, 5.41) is 16.9. The molecule has 0 unspecified atom stereocenters. The number of carbonyl (C=O) groups excluding carboxylic acids is 2. The summed E-state index contributed by atoms with van der Waals surface area (Å²) >= 11 is 0. The maximum atomic E-state index is 12.4. The minimum atomic E-state index is -0.516. The van der Waals surface area contributed by atoms with Crippen LogP contribution in [0.1, 0.15) is 53.2 Å². The fourth-order valence-corrected chi connectivity index (χ4v) is 3.41. The predicted octanol–water partition coefficient (Wildman–Crippen LogP) is 3.71. The van der Waals surface area contributed by atoms with Crippen molar-refractivity contribution in [1.29, 1.82) is 0 Å². The summed E-state index contributed by atoms with van der Waals surface area (Å²) in [6.45, 7) is 3.39. The first-order valence-corrected chi connectivity index (χ1v) is 9.48. The Labute approximate surface area is 164 Å². The van der Waals surface area contributed by atoms with E-state index in [1.54, 1.807) is 26.0 Å². The molecule has 3 N–H and O–H groups in total. The molecule has 0 fully saturated rings. The molecular weight excluding hydrogens is 354 g/mol. The number of carbonyl (C=O) groups is 2. The number of rotatable bonds is 5. The van der Waals surface area contributed by atoms with Gasteiger partial charge in [0.2, 0.25) is 5.91 Å². The Bertz CT molecular complexity index is 935. The van der Waals surface area contributed by atoms with E-state index in [-0.39, 0.29) is 23.6 Å². The van der Waals surface area contributed by atoms with Crippen molar-refractivity contribution in [3.8, 4) is 5.75 Å². The molecule has 0 aliphatic heterocycles. The lowest BCUT2D eigenvalue weighted by molar-refractivity contribution is -0.115. The molecule has 146 valence electrons. The minimum Gasteiger partial charge on any atom is -0.507 e. The quantitative estimate of drug-likeness (QED) is 0.546. The van der Waals surface area contributed by atoms with Crippen LogP contribution in [0.4, 0.5) is 5.69 Å². The van der Waals surface area contributed by atoms with Gasteiger partial charge in [0.1, 0.15) is 5.75 Å². The van der Waals surface area contributed by atoms with E-state index in [4.69, 9.17) is 0 Å². The highest BCUT2D eigenvalue weighted by Crippen LogP contribution is 2.28. The smallest absolute Gasteiger partial charge is 0.275 e. The summed E-state index contributed by atoms with van der Waals surface area (Å²) in [6, 6.07) is 10.9. The third-order valence-electron chi connectivity index (χ3n) is 4.92. The van der Waals surface area contributed by atoms with Gasteiger partial charge in [-0.1, -0.05) is 24.3 Å². The normalized spacial score (nSPS) is 13.6. The van der Waals surface area contributed by atoms with Crippen molar-refractivity contribution >= 4 is 23.2 Å². The zero-order valence-electron chi connectivity index (χ0n) is 16.2. The van der Waals surface area contributed by atoms with Crippen LogP contribution in [0.15, 0.2) is 41.5 Å². The molecule has 2 aromatic rings. The molecule has 0 atom stereocenters. The molecule has 6 nitrogen and oxygen atoms in total. The van der Waals surface area contributed by atoms with Gasteiger partial charge in [0.05, 0.1) is 12.0 Å². The first kappa shape index (κ1) is 19.6. The number of phenols is 1. The minimum absolute atomic E-state index is 0.0700. The largest absolute Gasteiger partial charge is 0.507 e. The molecule has 0 saturated heterocycles. The van der Waals surface area contributed by atoms with Gasteiger partial charge in [0.25, 0.3) is 5.91 Å². The van der Waals surface area contributed by atoms with Crippen LogP contribution in [-0.2, 0) is 17.6 Å². The van der Waals surface area contributed by atoms with Crippen LogP contribution in [0.25, 0.3) is 0 Å². The average Bonchev–Trinajstić information content (AvgIpc) is 2.68. The Morgan fingerprint density at radius 1 is 1.11 bits per heavy atom. The monoisotopic (exact) mass is 379 g/mol. The van der Waals surface area contributed by atoms with Crippen LogP contribution in [0, 0.1) is 6.92 Å². The summed E-state index contributed by atoms with van der Waals surface area (Å²) in [7, 11) is 0. The van der Waals surface area contributed by atoms with Crippen molar-refractivity contribution in [2.24, 2.45) is 5.10 Å². The molecule has 0 heterocycles. The number of para-hydroxylation sites is 1. The maximum Gasteiger partial charge on any atom is 0.275 e. The van der Waals surface area contributed by atoms with Crippen LogP contribution >= 0.6 is 0 Å². The third kappa shape index (κ3) is 4.57. The number of aryl methyl sites for hydroxylation is 2. The number of aromatic hydroxyl groups is 1. The number of hydrogen-bond donors (Lipinski definition) is 3. The number of fused-ring (bicyclic) bond motifs is 1. The molecule has 1 aliphatic carbocycles. The molecule has 2 amide bonds. The molecule has 0 aromatic heterocycles. The van der Waals surface area contributed by atoms with Crippen molar-refractivity contribution in [2.75, 3.05) is 5.32 Å². The molecular formula is C22H25N3O3. The van der Waals surface area contributed by atoms with Gasteiger partial charge < -0.3 is 10.4 Å². The van der Waals surface area contributed by atoms with Crippen LogP contribution < -0.4 is 10.7 Å². The molecule has 0 saturated carbocycles. The second kappa shape index (κ2) is 8.69. The Morgan fingerprint density at radius 2 is 1.86 bits per heavy atom. The standard InChI is InChI=1S/C22H25N3O3/c1-14-7-5-11-18(21(14)27)22(28)25-24-15(2)13-20(26)23-19-12-6-9-16-8-3-4-10-17(16)19/h5-7,9,11-12,27H,3-4,8,10,13H2,1-2H3,(H,23,26)(H,25,28)/b24-15+. The number of nitrogens with zero attached hydrogens (tertiary/aromatic N) is 1. The number of anilines is 1. The zero-order chi connectivity index (χ0) is 20.1. The summed E-state index contributed by atoms with van der Waals surface area (Å²) in [5.74, 6) is -0.759. The number of hydrogen-bond acceptors (Lipinski definition) is 4. The third-order valence-corrected chi connectivity index (χ3v) is 4.92. The Balaban J connectivity index is 1.60. The van der Waals surface area contributed by atoms with Gasteiger partial charge in [0, 0.05) is 11.4 Å². The number of hydrazone groups is 1. The van der Waals surface area contributed by atoms with Crippen molar-refractivity contribution in [3.05, 3.63) is 58.7 Å². The van der Waals surface area contributed by atoms with Gasteiger partial charge in [-0.2, -0.15) is 5.10 Å². The van der Waals surface area contributed by atoms with Crippen molar-refractivity contribution in [3.63, 3.8) is 0 Å². The van der Waals surface area contributed by atoms with Crippen LogP contribution in [0.3, 0.4) is 0 Å². The van der Waals surface area contributed by atoms with Crippen LogP contribution in [-0.4, -0.2) is 22.6 Å². The second-order valence-electron chi connectivity index (χ2n) is 7.13. The predicted molar refractivity (Wildman–Crippen MR) is 110 cm³/mol.